The lowest BCUT2D eigenvalue weighted by Crippen LogP contribution is -2.54. The number of aromatic nitrogens is 1. The van der Waals surface area contributed by atoms with E-state index in [1.165, 1.54) is 0 Å². The molecule has 3 rings (SSSR count). The van der Waals surface area contributed by atoms with Crippen molar-refractivity contribution in [3.63, 3.8) is 0 Å². The fourth-order valence-corrected chi connectivity index (χ4v) is 3.98. The minimum absolute atomic E-state index is 0. The Hall–Kier alpha value is -2.26. The average Bonchev–Trinajstić information content (AvgIpc) is 2.78. The van der Waals surface area contributed by atoms with Crippen LogP contribution in [0.5, 0.6) is 0 Å². The van der Waals surface area contributed by atoms with E-state index < -0.39 is 0 Å². The topological polar surface area (TPSA) is 125 Å². The highest BCUT2D eigenvalue weighted by atomic mass is 35.5. The molecule has 1 aromatic heterocycles. The van der Waals surface area contributed by atoms with Crippen LogP contribution in [0.2, 0.25) is 0 Å². The number of anilines is 1. The number of amides is 2. The Morgan fingerprint density at radius 1 is 1.15 bits per heavy atom. The van der Waals surface area contributed by atoms with E-state index in [1.807, 2.05) is 24.8 Å². The van der Waals surface area contributed by atoms with Gasteiger partial charge in [0.1, 0.15) is 11.7 Å². The van der Waals surface area contributed by atoms with Gasteiger partial charge in [0.25, 0.3) is 0 Å². The number of nitrogens with one attached hydrogen (secondary N) is 2. The number of carbonyl (C=O) groups excluding carboxylic acids is 2. The summed E-state index contributed by atoms with van der Waals surface area (Å²) < 4.78 is 5.36. The molecule has 0 spiro atoms. The highest BCUT2D eigenvalue weighted by molar-refractivity contribution is 5.94. The summed E-state index contributed by atoms with van der Waals surface area (Å²) >= 11 is 0. The van der Waals surface area contributed by atoms with Crippen molar-refractivity contribution in [3.05, 3.63) is 23.9 Å². The maximum absolute atomic E-state index is 12.7. The largest absolute Gasteiger partial charge is 0.465 e. The van der Waals surface area contributed by atoms with E-state index in [9.17, 15) is 9.59 Å². The smallest absolute Gasteiger partial charge is 0.317 e. The fraction of sp³-hybridized carbons (Fsp3) is 0.636. The van der Waals surface area contributed by atoms with Crippen LogP contribution in [0.3, 0.4) is 0 Å². The predicted octanol–water partition coefficient (Wildman–Crippen LogP) is 2.80. The number of nitrogen functional groups attached to an aromatic ring is 1. The molecule has 1 saturated carbocycles. The molecule has 1 aromatic rings. The number of hydrogen-bond donors (Lipinski definition) is 3. The van der Waals surface area contributed by atoms with Crippen molar-refractivity contribution in [2.75, 3.05) is 37.7 Å². The maximum Gasteiger partial charge on any atom is 0.317 e. The van der Waals surface area contributed by atoms with E-state index in [4.69, 9.17) is 15.9 Å². The Kier molecular flexibility index (Phi) is 11.7. The SMILES string of the molecule is CC(C)COC(=O)C1CCC(NC(=O)N2CCN(c3ccc(C(=N)N)cn3)CC2)CC1.Cl.Cl. The number of halogens is 2. The summed E-state index contributed by atoms with van der Waals surface area (Å²) in [4.78, 5) is 33.2. The van der Waals surface area contributed by atoms with Crippen molar-refractivity contribution >= 4 is 48.5 Å². The molecule has 2 heterocycles. The molecule has 0 atom stereocenters. The first-order valence-electron chi connectivity index (χ1n) is 11.1. The number of nitrogens with zero attached hydrogens (tertiary/aromatic N) is 3. The van der Waals surface area contributed by atoms with Gasteiger partial charge in [-0.05, 0) is 43.7 Å². The van der Waals surface area contributed by atoms with Gasteiger partial charge in [0, 0.05) is 44.0 Å². The van der Waals surface area contributed by atoms with Crippen LogP contribution in [0.25, 0.3) is 0 Å². The number of nitrogens with two attached hydrogens (primary N) is 1. The molecule has 186 valence electrons. The zero-order chi connectivity index (χ0) is 22.4. The molecular formula is C22H36Cl2N6O3. The molecule has 2 fully saturated rings. The summed E-state index contributed by atoms with van der Waals surface area (Å²) in [5.74, 6) is 1.03. The minimum atomic E-state index is -0.0976. The number of piperazine rings is 1. The number of esters is 1. The van der Waals surface area contributed by atoms with Crippen molar-refractivity contribution in [2.45, 2.75) is 45.6 Å². The normalized spacial score (nSPS) is 20.3. The third-order valence-corrected chi connectivity index (χ3v) is 5.90. The van der Waals surface area contributed by atoms with Crippen LogP contribution >= 0.6 is 24.8 Å². The van der Waals surface area contributed by atoms with Crippen molar-refractivity contribution in [1.29, 1.82) is 5.41 Å². The van der Waals surface area contributed by atoms with Gasteiger partial charge in [0.15, 0.2) is 0 Å². The molecule has 11 heteroatoms. The van der Waals surface area contributed by atoms with Crippen LogP contribution in [0.1, 0.15) is 45.1 Å². The standard InChI is InChI=1S/C22H34N6O3.2ClH/c1-15(2)14-31-21(29)16-3-6-18(7-4-16)26-22(30)28-11-9-27(10-12-28)19-8-5-17(13-25-19)20(23)24;;/h5,8,13,15-16,18H,3-4,6-7,9-12,14H2,1-2H3,(H3,23,24)(H,26,30);2*1H. The van der Waals surface area contributed by atoms with Crippen LogP contribution in [0.15, 0.2) is 18.3 Å². The lowest BCUT2D eigenvalue weighted by atomic mass is 9.86. The van der Waals surface area contributed by atoms with Gasteiger partial charge < -0.3 is 25.6 Å². The lowest BCUT2D eigenvalue weighted by Gasteiger charge is -2.37. The second-order valence-corrected chi connectivity index (χ2v) is 8.81. The summed E-state index contributed by atoms with van der Waals surface area (Å²) in [6.07, 6.45) is 4.74. The van der Waals surface area contributed by atoms with Gasteiger partial charge in [-0.1, -0.05) is 13.8 Å². The molecule has 4 N–H and O–H groups in total. The quantitative estimate of drug-likeness (QED) is 0.312. The Morgan fingerprint density at radius 3 is 2.30 bits per heavy atom. The number of hydrogen-bond acceptors (Lipinski definition) is 6. The van der Waals surface area contributed by atoms with Gasteiger partial charge in [0.2, 0.25) is 0 Å². The first kappa shape index (κ1) is 28.8. The number of urea groups is 1. The molecular weight excluding hydrogens is 467 g/mol. The predicted molar refractivity (Wildman–Crippen MR) is 134 cm³/mol. The Bertz CT molecular complexity index is 777. The van der Waals surface area contributed by atoms with Crippen molar-refractivity contribution in [1.82, 2.24) is 15.2 Å². The van der Waals surface area contributed by atoms with Gasteiger partial charge in [0.05, 0.1) is 12.5 Å². The molecule has 2 aliphatic rings. The molecule has 1 aliphatic heterocycles. The molecule has 0 radical (unpaired) electrons. The highest BCUT2D eigenvalue weighted by Gasteiger charge is 2.30. The summed E-state index contributed by atoms with van der Waals surface area (Å²) in [5, 5.41) is 10.6. The third-order valence-electron chi connectivity index (χ3n) is 5.90. The van der Waals surface area contributed by atoms with Gasteiger partial charge in [-0.15, -0.1) is 24.8 Å². The lowest BCUT2D eigenvalue weighted by molar-refractivity contribution is -0.150. The Morgan fingerprint density at radius 2 is 1.79 bits per heavy atom. The van der Waals surface area contributed by atoms with Crippen molar-refractivity contribution in [2.24, 2.45) is 17.6 Å². The molecule has 9 nitrogen and oxygen atoms in total. The van der Waals surface area contributed by atoms with Gasteiger partial charge >= 0.3 is 12.0 Å². The minimum Gasteiger partial charge on any atom is -0.465 e. The van der Waals surface area contributed by atoms with Gasteiger partial charge in [-0.25, -0.2) is 9.78 Å². The average molecular weight is 503 g/mol. The van der Waals surface area contributed by atoms with E-state index in [-0.39, 0.29) is 54.6 Å². The van der Waals surface area contributed by atoms with E-state index >= 15 is 0 Å². The Balaban J connectivity index is 0.00000272. The second-order valence-electron chi connectivity index (χ2n) is 8.81. The summed E-state index contributed by atoms with van der Waals surface area (Å²) in [7, 11) is 0. The van der Waals surface area contributed by atoms with E-state index in [0.717, 1.165) is 31.5 Å². The van der Waals surface area contributed by atoms with E-state index in [0.29, 0.717) is 44.3 Å². The maximum atomic E-state index is 12.7. The van der Waals surface area contributed by atoms with Crippen LogP contribution in [-0.2, 0) is 9.53 Å². The highest BCUT2D eigenvalue weighted by Crippen LogP contribution is 2.26. The zero-order valence-electron chi connectivity index (χ0n) is 19.3. The van der Waals surface area contributed by atoms with Crippen LogP contribution < -0.4 is 16.0 Å². The first-order chi connectivity index (χ1) is 14.8. The van der Waals surface area contributed by atoms with Crippen LogP contribution in [0, 0.1) is 17.2 Å². The number of pyridine rings is 1. The fourth-order valence-electron chi connectivity index (χ4n) is 3.98. The zero-order valence-corrected chi connectivity index (χ0v) is 20.9. The number of amidine groups is 1. The second kappa shape index (κ2) is 13.4. The van der Waals surface area contributed by atoms with Crippen molar-refractivity contribution in [3.8, 4) is 0 Å². The number of ether oxygens (including phenoxy) is 1. The molecule has 0 aromatic carbocycles. The first-order valence-corrected chi connectivity index (χ1v) is 11.1. The molecule has 33 heavy (non-hydrogen) atoms. The van der Waals surface area contributed by atoms with Crippen molar-refractivity contribution < 1.29 is 14.3 Å². The number of rotatable bonds is 6. The van der Waals surface area contributed by atoms with Gasteiger partial charge in [-0.2, -0.15) is 0 Å². The number of carbonyl (C=O) groups is 2. The van der Waals surface area contributed by atoms with E-state index in [1.54, 1.807) is 12.3 Å². The van der Waals surface area contributed by atoms with Gasteiger partial charge in [-0.3, -0.25) is 10.2 Å². The molecule has 0 bridgehead atoms. The summed E-state index contributed by atoms with van der Waals surface area (Å²) in [6.45, 7) is 7.18. The molecule has 1 saturated heterocycles. The molecule has 0 unspecified atom stereocenters. The summed E-state index contributed by atoms with van der Waals surface area (Å²) in [6, 6.07) is 3.72. The van der Waals surface area contributed by atoms with E-state index in [2.05, 4.69) is 15.2 Å². The summed E-state index contributed by atoms with van der Waals surface area (Å²) in [5.41, 5.74) is 6.07. The monoisotopic (exact) mass is 502 g/mol. The Labute approximate surface area is 208 Å². The molecule has 2 amide bonds. The molecule has 1 aliphatic carbocycles. The third kappa shape index (κ3) is 8.23. The van der Waals surface area contributed by atoms with Crippen LogP contribution in [-0.4, -0.2) is 66.5 Å². The van der Waals surface area contributed by atoms with Crippen LogP contribution in [0.4, 0.5) is 10.6 Å².